The van der Waals surface area contributed by atoms with Gasteiger partial charge in [0, 0.05) is 12.5 Å². The molecule has 0 saturated heterocycles. The molecular formula is C12H25N5. The monoisotopic (exact) mass is 239 g/mol. The van der Waals surface area contributed by atoms with Gasteiger partial charge in [0.15, 0.2) is 5.82 Å². The van der Waals surface area contributed by atoms with Gasteiger partial charge in [0.2, 0.25) is 0 Å². The Balaban J connectivity index is 2.62. The van der Waals surface area contributed by atoms with Gasteiger partial charge >= 0.3 is 0 Å². The highest BCUT2D eigenvalue weighted by molar-refractivity contribution is 4.88. The molecule has 0 aliphatic rings. The number of hydrogen-bond acceptors (Lipinski definition) is 4. The second kappa shape index (κ2) is 6.69. The van der Waals surface area contributed by atoms with Crippen LogP contribution in [0.15, 0.2) is 0 Å². The summed E-state index contributed by atoms with van der Waals surface area (Å²) in [7, 11) is 1.80. The number of tetrazole rings is 1. The molecule has 0 aliphatic carbocycles. The Kier molecular flexibility index (Phi) is 5.55. The molecule has 0 amide bonds. The normalized spacial score (nSPS) is 15.2. The van der Waals surface area contributed by atoms with Crippen LogP contribution in [0.4, 0.5) is 0 Å². The van der Waals surface area contributed by atoms with Gasteiger partial charge in [0.25, 0.3) is 0 Å². The summed E-state index contributed by atoms with van der Waals surface area (Å²) in [6, 6.07) is 0.430. The summed E-state index contributed by atoms with van der Waals surface area (Å²) in [5.74, 6) is 2.08. The summed E-state index contributed by atoms with van der Waals surface area (Å²) < 4.78 is 0. The molecule has 0 fully saturated rings. The van der Waals surface area contributed by atoms with E-state index in [0.29, 0.717) is 17.9 Å². The Labute approximate surface area is 104 Å². The molecule has 0 aromatic carbocycles. The van der Waals surface area contributed by atoms with Gasteiger partial charge in [-0.3, -0.25) is 0 Å². The first-order chi connectivity index (χ1) is 8.04. The summed E-state index contributed by atoms with van der Waals surface area (Å²) in [5.41, 5.74) is 0. The molecule has 1 N–H and O–H groups in total. The molecule has 1 heterocycles. The predicted octanol–water partition coefficient (Wildman–Crippen LogP) is 1.41. The lowest BCUT2D eigenvalue weighted by Crippen LogP contribution is -2.39. The third-order valence-corrected chi connectivity index (χ3v) is 3.30. The van der Waals surface area contributed by atoms with Crippen molar-refractivity contribution >= 4 is 0 Å². The van der Waals surface area contributed by atoms with Gasteiger partial charge < -0.3 is 5.32 Å². The number of hydrogen-bond donors (Lipinski definition) is 1. The summed E-state index contributed by atoms with van der Waals surface area (Å²) >= 11 is 0. The van der Waals surface area contributed by atoms with E-state index in [-0.39, 0.29) is 0 Å². The van der Waals surface area contributed by atoms with Gasteiger partial charge in [-0.15, -0.1) is 10.2 Å². The van der Waals surface area contributed by atoms with Crippen LogP contribution in [0.5, 0.6) is 0 Å². The highest BCUT2D eigenvalue weighted by Crippen LogP contribution is 2.17. The van der Waals surface area contributed by atoms with Gasteiger partial charge in [-0.2, -0.15) is 4.80 Å². The Hall–Kier alpha value is -0.970. The minimum atomic E-state index is 0.430. The van der Waals surface area contributed by atoms with Gasteiger partial charge in [-0.1, -0.05) is 27.7 Å². The minimum absolute atomic E-state index is 0.430. The number of aryl methyl sites for hydroxylation is 1. The fraction of sp³-hybridized carbons (Fsp3) is 0.917. The second-order valence-electron chi connectivity index (χ2n) is 5.06. The quantitative estimate of drug-likeness (QED) is 0.781. The second-order valence-corrected chi connectivity index (χ2v) is 5.06. The largest absolute Gasteiger partial charge is 0.313 e. The van der Waals surface area contributed by atoms with E-state index in [1.54, 1.807) is 7.05 Å². The van der Waals surface area contributed by atoms with E-state index < -0.39 is 0 Å². The van der Waals surface area contributed by atoms with Gasteiger partial charge in [-0.25, -0.2) is 0 Å². The van der Waals surface area contributed by atoms with Gasteiger partial charge in [0.1, 0.15) is 0 Å². The fourth-order valence-corrected chi connectivity index (χ4v) is 1.84. The molecule has 2 atom stereocenters. The lowest BCUT2D eigenvalue weighted by atomic mass is 9.88. The summed E-state index contributed by atoms with van der Waals surface area (Å²) in [6.07, 6.45) is 2.00. The van der Waals surface area contributed by atoms with Crippen LogP contribution in [0, 0.1) is 11.8 Å². The third-order valence-electron chi connectivity index (χ3n) is 3.30. The van der Waals surface area contributed by atoms with Crippen LogP contribution in [0.25, 0.3) is 0 Å². The van der Waals surface area contributed by atoms with E-state index in [4.69, 9.17) is 0 Å². The first-order valence-corrected chi connectivity index (χ1v) is 6.50. The zero-order valence-electron chi connectivity index (χ0n) is 11.6. The summed E-state index contributed by atoms with van der Waals surface area (Å²) in [5, 5.41) is 15.8. The van der Waals surface area contributed by atoms with E-state index in [9.17, 15) is 0 Å². The minimum Gasteiger partial charge on any atom is -0.313 e. The van der Waals surface area contributed by atoms with Crippen molar-refractivity contribution in [2.45, 2.75) is 46.6 Å². The van der Waals surface area contributed by atoms with Gasteiger partial charge in [-0.05, 0) is 30.0 Å². The summed E-state index contributed by atoms with van der Waals surface area (Å²) in [4.78, 5) is 1.52. The standard InChI is InChI=1S/C12H25N5/c1-6-7-13-11(10(4)9(2)3)8-12-14-16-17(5)15-12/h9-11,13H,6-8H2,1-5H3. The molecule has 5 heteroatoms. The molecule has 1 aromatic rings. The van der Waals surface area contributed by atoms with Crippen molar-refractivity contribution in [3.63, 3.8) is 0 Å². The lowest BCUT2D eigenvalue weighted by Gasteiger charge is -2.27. The smallest absolute Gasteiger partial charge is 0.176 e. The molecular weight excluding hydrogens is 214 g/mol. The molecule has 0 saturated carbocycles. The van der Waals surface area contributed by atoms with Crippen LogP contribution in [0.2, 0.25) is 0 Å². The number of nitrogens with zero attached hydrogens (tertiary/aromatic N) is 4. The molecule has 0 bridgehead atoms. The van der Waals surface area contributed by atoms with E-state index in [1.807, 2.05) is 0 Å². The number of nitrogens with one attached hydrogen (secondary N) is 1. The highest BCUT2D eigenvalue weighted by atomic mass is 15.6. The van der Waals surface area contributed by atoms with Crippen LogP contribution in [0.1, 0.15) is 39.9 Å². The molecule has 2 unspecified atom stereocenters. The Bertz CT molecular complexity index is 320. The first kappa shape index (κ1) is 14.1. The zero-order chi connectivity index (χ0) is 12.8. The van der Waals surface area contributed by atoms with E-state index in [2.05, 4.69) is 48.4 Å². The van der Waals surface area contributed by atoms with E-state index >= 15 is 0 Å². The average Bonchev–Trinajstić information content (AvgIpc) is 2.69. The number of rotatable bonds is 7. The Morgan fingerprint density at radius 2 is 2.00 bits per heavy atom. The third kappa shape index (κ3) is 4.42. The SMILES string of the molecule is CCCNC(Cc1nnn(C)n1)C(C)C(C)C. The molecule has 0 aliphatic heterocycles. The zero-order valence-corrected chi connectivity index (χ0v) is 11.6. The van der Waals surface area contributed by atoms with E-state index in [0.717, 1.165) is 25.2 Å². The lowest BCUT2D eigenvalue weighted by molar-refractivity contribution is 0.294. The molecule has 1 rings (SSSR count). The molecule has 5 nitrogen and oxygen atoms in total. The fourth-order valence-electron chi connectivity index (χ4n) is 1.84. The molecule has 0 radical (unpaired) electrons. The van der Waals surface area contributed by atoms with Crippen molar-refractivity contribution in [2.24, 2.45) is 18.9 Å². The summed E-state index contributed by atoms with van der Waals surface area (Å²) in [6.45, 7) is 10.0. The van der Waals surface area contributed by atoms with Crippen molar-refractivity contribution in [3.8, 4) is 0 Å². The van der Waals surface area contributed by atoms with Gasteiger partial charge in [0.05, 0.1) is 7.05 Å². The maximum atomic E-state index is 4.25. The molecule has 1 aromatic heterocycles. The molecule has 98 valence electrons. The van der Waals surface area contributed by atoms with Crippen molar-refractivity contribution in [2.75, 3.05) is 6.54 Å². The maximum absolute atomic E-state index is 4.25. The maximum Gasteiger partial charge on any atom is 0.176 e. The molecule has 0 spiro atoms. The van der Waals surface area contributed by atoms with Crippen LogP contribution in [-0.4, -0.2) is 32.8 Å². The molecule has 17 heavy (non-hydrogen) atoms. The van der Waals surface area contributed by atoms with Crippen LogP contribution in [0.3, 0.4) is 0 Å². The average molecular weight is 239 g/mol. The van der Waals surface area contributed by atoms with Crippen molar-refractivity contribution in [1.29, 1.82) is 0 Å². The van der Waals surface area contributed by atoms with Crippen molar-refractivity contribution < 1.29 is 0 Å². The van der Waals surface area contributed by atoms with Crippen LogP contribution in [-0.2, 0) is 13.5 Å². The van der Waals surface area contributed by atoms with Crippen LogP contribution < -0.4 is 5.32 Å². The highest BCUT2D eigenvalue weighted by Gasteiger charge is 2.21. The Morgan fingerprint density at radius 1 is 1.29 bits per heavy atom. The topological polar surface area (TPSA) is 55.6 Å². The first-order valence-electron chi connectivity index (χ1n) is 6.50. The predicted molar refractivity (Wildman–Crippen MR) is 68.6 cm³/mol. The van der Waals surface area contributed by atoms with Crippen molar-refractivity contribution in [3.05, 3.63) is 5.82 Å². The van der Waals surface area contributed by atoms with Crippen LogP contribution >= 0.6 is 0 Å². The number of aromatic nitrogens is 4. The van der Waals surface area contributed by atoms with E-state index in [1.165, 1.54) is 4.80 Å². The Morgan fingerprint density at radius 3 is 2.47 bits per heavy atom. The van der Waals surface area contributed by atoms with Crippen molar-refractivity contribution in [1.82, 2.24) is 25.5 Å².